The number of nitrogens with zero attached hydrogens (tertiary/aromatic N) is 5. The fraction of sp³-hybridized carbons (Fsp3) is 0.444. The first kappa shape index (κ1) is 17.3. The van der Waals surface area contributed by atoms with Crippen molar-refractivity contribution in [2.45, 2.75) is 25.8 Å². The molecule has 1 aliphatic rings. The molecule has 0 saturated carbocycles. The van der Waals surface area contributed by atoms with E-state index in [4.69, 9.17) is 5.11 Å². The maximum atomic E-state index is 10.9. The highest BCUT2D eigenvalue weighted by molar-refractivity contribution is 5.67. The highest BCUT2D eigenvalue weighted by atomic mass is 16.4. The van der Waals surface area contributed by atoms with E-state index in [2.05, 4.69) is 24.8 Å². The third-order valence-electron chi connectivity index (χ3n) is 4.39. The second-order valence-electron chi connectivity index (χ2n) is 6.36. The average molecular weight is 341 g/mol. The number of carboxylic acid groups (broad SMARTS) is 1. The van der Waals surface area contributed by atoms with Crippen molar-refractivity contribution in [2.24, 2.45) is 0 Å². The summed E-state index contributed by atoms with van der Waals surface area (Å²) in [5.41, 5.74) is 1.09. The summed E-state index contributed by atoms with van der Waals surface area (Å²) in [6, 6.07) is 7.89. The van der Waals surface area contributed by atoms with Crippen LogP contribution in [0.2, 0.25) is 0 Å². The first-order valence-corrected chi connectivity index (χ1v) is 8.54. The summed E-state index contributed by atoms with van der Waals surface area (Å²) in [4.78, 5) is 28.7. The zero-order chi connectivity index (χ0) is 17.6. The minimum absolute atomic E-state index is 0.0430. The Morgan fingerprint density at radius 1 is 1.16 bits per heavy atom. The SMILES string of the molecule is C[C@H](CC(=O)O)c1nccc(N2CCN(Cc3ccccn3)CC2)n1. The molecular weight excluding hydrogens is 318 g/mol. The Morgan fingerprint density at radius 2 is 1.96 bits per heavy atom. The lowest BCUT2D eigenvalue weighted by Crippen LogP contribution is -2.46. The summed E-state index contributed by atoms with van der Waals surface area (Å²) >= 11 is 0. The van der Waals surface area contributed by atoms with Crippen molar-refractivity contribution in [3.05, 3.63) is 48.2 Å². The molecule has 1 atom stereocenters. The molecule has 0 bridgehead atoms. The minimum atomic E-state index is -0.829. The van der Waals surface area contributed by atoms with Gasteiger partial charge >= 0.3 is 5.97 Å². The van der Waals surface area contributed by atoms with Gasteiger partial charge in [-0.05, 0) is 18.2 Å². The molecule has 0 aromatic carbocycles. The second kappa shape index (κ2) is 8.02. The lowest BCUT2D eigenvalue weighted by Gasteiger charge is -2.35. The van der Waals surface area contributed by atoms with Gasteiger partial charge in [0.1, 0.15) is 11.6 Å². The third kappa shape index (κ3) is 4.73. The first-order valence-electron chi connectivity index (χ1n) is 8.54. The van der Waals surface area contributed by atoms with E-state index in [1.165, 1.54) is 0 Å². The highest BCUT2D eigenvalue weighted by Crippen LogP contribution is 2.19. The molecule has 3 heterocycles. The van der Waals surface area contributed by atoms with Gasteiger partial charge in [0.05, 0.1) is 12.1 Å². The number of carboxylic acids is 1. The molecule has 0 spiro atoms. The van der Waals surface area contributed by atoms with E-state index in [-0.39, 0.29) is 12.3 Å². The Morgan fingerprint density at radius 3 is 2.64 bits per heavy atom. The van der Waals surface area contributed by atoms with E-state index in [1.807, 2.05) is 37.4 Å². The minimum Gasteiger partial charge on any atom is -0.481 e. The molecular formula is C18H23N5O2. The number of aromatic nitrogens is 3. The number of carbonyl (C=O) groups is 1. The van der Waals surface area contributed by atoms with Crippen LogP contribution in [0.1, 0.15) is 30.8 Å². The van der Waals surface area contributed by atoms with E-state index in [9.17, 15) is 4.79 Å². The molecule has 7 heteroatoms. The quantitative estimate of drug-likeness (QED) is 0.857. The van der Waals surface area contributed by atoms with Crippen molar-refractivity contribution in [2.75, 3.05) is 31.1 Å². The van der Waals surface area contributed by atoms with E-state index < -0.39 is 5.97 Å². The summed E-state index contributed by atoms with van der Waals surface area (Å²) in [5.74, 6) is 0.447. The molecule has 2 aromatic heterocycles. The van der Waals surface area contributed by atoms with E-state index in [0.29, 0.717) is 5.82 Å². The lowest BCUT2D eigenvalue weighted by atomic mass is 10.1. The molecule has 7 nitrogen and oxygen atoms in total. The topological polar surface area (TPSA) is 82.5 Å². The van der Waals surface area contributed by atoms with Gasteiger partial charge < -0.3 is 10.0 Å². The standard InChI is InChI=1S/C18H23N5O2/c1-14(12-17(24)25)18-20-7-5-16(21-18)23-10-8-22(9-11-23)13-15-4-2-3-6-19-15/h2-7,14H,8-13H2,1H3,(H,24,25)/t14-/m1/s1. The normalized spacial score (nSPS) is 16.6. The fourth-order valence-corrected chi connectivity index (χ4v) is 2.99. The predicted octanol–water partition coefficient (Wildman–Crippen LogP) is 1.77. The van der Waals surface area contributed by atoms with Crippen molar-refractivity contribution < 1.29 is 9.90 Å². The predicted molar refractivity (Wildman–Crippen MR) is 94.4 cm³/mol. The number of anilines is 1. The number of piperazine rings is 1. The lowest BCUT2D eigenvalue weighted by molar-refractivity contribution is -0.137. The van der Waals surface area contributed by atoms with Gasteiger partial charge in [-0.25, -0.2) is 9.97 Å². The van der Waals surface area contributed by atoms with E-state index >= 15 is 0 Å². The number of pyridine rings is 1. The van der Waals surface area contributed by atoms with Gasteiger partial charge in [-0.15, -0.1) is 0 Å². The van der Waals surface area contributed by atoms with Gasteiger partial charge in [0, 0.05) is 51.0 Å². The van der Waals surface area contributed by atoms with Crippen LogP contribution >= 0.6 is 0 Å². The van der Waals surface area contributed by atoms with Crippen LogP contribution in [0.4, 0.5) is 5.82 Å². The monoisotopic (exact) mass is 341 g/mol. The van der Waals surface area contributed by atoms with Crippen LogP contribution in [0.3, 0.4) is 0 Å². The van der Waals surface area contributed by atoms with E-state index in [0.717, 1.165) is 44.2 Å². The summed E-state index contributed by atoms with van der Waals surface area (Å²) < 4.78 is 0. The van der Waals surface area contributed by atoms with Crippen molar-refractivity contribution in [1.82, 2.24) is 19.9 Å². The van der Waals surface area contributed by atoms with Crippen LogP contribution in [0.15, 0.2) is 36.7 Å². The number of aliphatic carboxylic acids is 1. The van der Waals surface area contributed by atoms with Crippen LogP contribution in [0.25, 0.3) is 0 Å². The summed E-state index contributed by atoms with van der Waals surface area (Å²) in [7, 11) is 0. The molecule has 2 aromatic rings. The van der Waals surface area contributed by atoms with E-state index in [1.54, 1.807) is 6.20 Å². The summed E-state index contributed by atoms with van der Waals surface area (Å²) in [6.07, 6.45) is 3.59. The molecule has 1 aliphatic heterocycles. The molecule has 1 N–H and O–H groups in total. The zero-order valence-electron chi connectivity index (χ0n) is 14.4. The molecule has 1 saturated heterocycles. The smallest absolute Gasteiger partial charge is 0.304 e. The molecule has 0 radical (unpaired) electrons. The molecule has 25 heavy (non-hydrogen) atoms. The third-order valence-corrected chi connectivity index (χ3v) is 4.39. The van der Waals surface area contributed by atoms with Gasteiger partial charge in [0.25, 0.3) is 0 Å². The molecule has 0 amide bonds. The van der Waals surface area contributed by atoms with Crippen molar-refractivity contribution in [1.29, 1.82) is 0 Å². The van der Waals surface area contributed by atoms with Crippen LogP contribution < -0.4 is 4.90 Å². The Balaban J connectivity index is 1.58. The first-order chi connectivity index (χ1) is 12.1. The Labute approximate surface area is 147 Å². The van der Waals surface area contributed by atoms with Crippen LogP contribution in [-0.4, -0.2) is 57.1 Å². The number of hydrogen-bond acceptors (Lipinski definition) is 6. The van der Waals surface area contributed by atoms with Crippen LogP contribution in [0.5, 0.6) is 0 Å². The fourth-order valence-electron chi connectivity index (χ4n) is 2.99. The largest absolute Gasteiger partial charge is 0.481 e. The molecule has 0 aliphatic carbocycles. The molecule has 1 fully saturated rings. The Bertz CT molecular complexity index is 702. The van der Waals surface area contributed by atoms with Crippen LogP contribution in [-0.2, 0) is 11.3 Å². The Hall–Kier alpha value is -2.54. The molecule has 0 unspecified atom stereocenters. The average Bonchev–Trinajstić information content (AvgIpc) is 2.63. The molecule has 3 rings (SSSR count). The second-order valence-corrected chi connectivity index (χ2v) is 6.36. The summed E-state index contributed by atoms with van der Waals surface area (Å²) in [6.45, 7) is 6.37. The highest BCUT2D eigenvalue weighted by Gasteiger charge is 2.20. The van der Waals surface area contributed by atoms with Gasteiger partial charge in [0.2, 0.25) is 0 Å². The molecule has 132 valence electrons. The van der Waals surface area contributed by atoms with Crippen molar-refractivity contribution >= 4 is 11.8 Å². The van der Waals surface area contributed by atoms with Gasteiger partial charge in [0.15, 0.2) is 0 Å². The van der Waals surface area contributed by atoms with Crippen molar-refractivity contribution in [3.63, 3.8) is 0 Å². The van der Waals surface area contributed by atoms with Gasteiger partial charge in [-0.2, -0.15) is 0 Å². The maximum Gasteiger partial charge on any atom is 0.304 e. The zero-order valence-corrected chi connectivity index (χ0v) is 14.4. The van der Waals surface area contributed by atoms with Gasteiger partial charge in [-0.3, -0.25) is 14.7 Å². The maximum absolute atomic E-state index is 10.9. The van der Waals surface area contributed by atoms with Crippen LogP contribution in [0, 0.1) is 0 Å². The Kier molecular flexibility index (Phi) is 5.55. The number of rotatable bonds is 6. The van der Waals surface area contributed by atoms with Gasteiger partial charge in [-0.1, -0.05) is 13.0 Å². The number of hydrogen-bond donors (Lipinski definition) is 1. The summed E-state index contributed by atoms with van der Waals surface area (Å²) in [5, 5.41) is 8.94. The van der Waals surface area contributed by atoms with Crippen molar-refractivity contribution in [3.8, 4) is 0 Å².